The molecule has 1 saturated carbocycles. The quantitative estimate of drug-likeness (QED) is 0.736. The van der Waals surface area contributed by atoms with Gasteiger partial charge in [0, 0.05) is 6.42 Å². The number of carbonyl (C=O) groups excluding carboxylic acids is 1. The molecule has 2 rings (SSSR count). The number of methoxy groups -OCH3 is 2. The van der Waals surface area contributed by atoms with E-state index in [-0.39, 0.29) is 11.9 Å². The van der Waals surface area contributed by atoms with Crippen molar-refractivity contribution in [2.75, 3.05) is 20.8 Å². The van der Waals surface area contributed by atoms with Crippen molar-refractivity contribution in [3.63, 3.8) is 0 Å². The zero-order chi connectivity index (χ0) is 19.0. The summed E-state index contributed by atoms with van der Waals surface area (Å²) in [6.07, 6.45) is 5.49. The van der Waals surface area contributed by atoms with Crippen LogP contribution >= 0.6 is 0 Å². The van der Waals surface area contributed by atoms with Gasteiger partial charge in [-0.2, -0.15) is 5.26 Å². The number of nitriles is 1. The molecule has 0 bridgehead atoms. The van der Waals surface area contributed by atoms with Gasteiger partial charge < -0.3 is 20.1 Å². The third kappa shape index (κ3) is 5.12. The Kier molecular flexibility index (Phi) is 7.28. The topological polar surface area (TPSA) is 88.0 Å². The Balaban J connectivity index is 1.83. The highest BCUT2D eigenvalue weighted by atomic mass is 16.5. The second-order valence-corrected chi connectivity index (χ2v) is 7.00. The van der Waals surface area contributed by atoms with E-state index in [4.69, 9.17) is 9.47 Å². The van der Waals surface area contributed by atoms with Gasteiger partial charge in [0.05, 0.1) is 26.8 Å². The average molecular weight is 360 g/mol. The summed E-state index contributed by atoms with van der Waals surface area (Å²) in [7, 11) is 3.24. The van der Waals surface area contributed by atoms with Crippen molar-refractivity contribution in [1.29, 1.82) is 5.26 Å². The summed E-state index contributed by atoms with van der Waals surface area (Å²) in [5.74, 6) is 1.37. The van der Waals surface area contributed by atoms with Crippen LogP contribution in [-0.4, -0.2) is 38.3 Å². The average Bonchev–Trinajstić information content (AvgIpc) is 2.68. The van der Waals surface area contributed by atoms with Gasteiger partial charge in [-0.15, -0.1) is 0 Å². The molecule has 3 N–H and O–H groups in total. The monoisotopic (exact) mass is 360 g/mol. The maximum absolute atomic E-state index is 12.5. The maximum Gasteiger partial charge on any atom is 0.279 e. The number of nitrogens with two attached hydrogens (primary N) is 1. The molecule has 1 amide bonds. The van der Waals surface area contributed by atoms with Crippen LogP contribution in [0, 0.1) is 11.3 Å². The molecule has 0 radical (unpaired) electrons. The van der Waals surface area contributed by atoms with E-state index in [0.29, 0.717) is 11.5 Å². The largest absolute Gasteiger partial charge is 0.493 e. The molecule has 26 heavy (non-hydrogen) atoms. The van der Waals surface area contributed by atoms with E-state index >= 15 is 0 Å². The van der Waals surface area contributed by atoms with Gasteiger partial charge in [-0.3, -0.25) is 4.79 Å². The van der Waals surface area contributed by atoms with Gasteiger partial charge in [-0.1, -0.05) is 25.3 Å². The standard InChI is InChI=1S/C20H29N3O3/c1-15(19(24)23-20(14-21)10-5-4-6-11-20)22-12-9-16-7-8-17(25-2)18(13-16)26-3/h7-8,13,15,22H,4-6,9-12H2,1-3H3,(H,23,24)/p+1/t15-/m0/s1. The number of amides is 1. The third-order valence-electron chi connectivity index (χ3n) is 5.10. The number of nitrogens with one attached hydrogen (secondary N) is 1. The van der Waals surface area contributed by atoms with Crippen LogP contribution in [0.4, 0.5) is 0 Å². The number of hydrogen-bond donors (Lipinski definition) is 2. The normalized spacial score (nSPS) is 17.0. The van der Waals surface area contributed by atoms with E-state index in [0.717, 1.165) is 50.6 Å². The van der Waals surface area contributed by atoms with E-state index in [1.807, 2.05) is 30.4 Å². The van der Waals surface area contributed by atoms with Crippen molar-refractivity contribution in [2.24, 2.45) is 0 Å². The zero-order valence-electron chi connectivity index (χ0n) is 16.0. The van der Waals surface area contributed by atoms with Crippen LogP contribution in [-0.2, 0) is 11.2 Å². The Morgan fingerprint density at radius 1 is 1.27 bits per heavy atom. The summed E-state index contributed by atoms with van der Waals surface area (Å²) in [4.78, 5) is 12.5. The number of quaternary nitrogens is 1. The molecule has 0 aromatic heterocycles. The first kappa shape index (κ1) is 20.1. The molecular formula is C20H30N3O3+. The van der Waals surface area contributed by atoms with Crippen molar-refractivity contribution < 1.29 is 19.6 Å². The molecule has 6 nitrogen and oxygen atoms in total. The second-order valence-electron chi connectivity index (χ2n) is 7.00. The van der Waals surface area contributed by atoms with E-state index in [1.165, 1.54) is 0 Å². The number of benzene rings is 1. The van der Waals surface area contributed by atoms with E-state index in [2.05, 4.69) is 11.4 Å². The maximum atomic E-state index is 12.5. The van der Waals surface area contributed by atoms with Gasteiger partial charge in [-0.05, 0) is 37.5 Å². The van der Waals surface area contributed by atoms with Gasteiger partial charge in [0.1, 0.15) is 5.54 Å². The van der Waals surface area contributed by atoms with E-state index < -0.39 is 5.54 Å². The first-order valence-corrected chi connectivity index (χ1v) is 9.31. The smallest absolute Gasteiger partial charge is 0.279 e. The van der Waals surface area contributed by atoms with Gasteiger partial charge in [0.2, 0.25) is 0 Å². The van der Waals surface area contributed by atoms with Crippen LogP contribution in [0.5, 0.6) is 11.5 Å². The molecule has 0 heterocycles. The Morgan fingerprint density at radius 3 is 2.58 bits per heavy atom. The summed E-state index contributed by atoms with van der Waals surface area (Å²) in [5.41, 5.74) is 0.466. The summed E-state index contributed by atoms with van der Waals surface area (Å²) >= 11 is 0. The molecule has 1 atom stereocenters. The Hall–Kier alpha value is -2.26. The molecule has 0 unspecified atom stereocenters. The van der Waals surface area contributed by atoms with E-state index in [9.17, 15) is 10.1 Å². The number of hydrogen-bond acceptors (Lipinski definition) is 4. The van der Waals surface area contributed by atoms with Crippen molar-refractivity contribution in [3.05, 3.63) is 23.8 Å². The highest BCUT2D eigenvalue weighted by Crippen LogP contribution is 2.28. The number of rotatable bonds is 8. The molecule has 1 aromatic carbocycles. The number of nitrogens with zero attached hydrogens (tertiary/aromatic N) is 1. The van der Waals surface area contributed by atoms with Crippen LogP contribution in [0.3, 0.4) is 0 Å². The second kappa shape index (κ2) is 9.44. The highest BCUT2D eigenvalue weighted by molar-refractivity contribution is 5.81. The molecule has 0 spiro atoms. The lowest BCUT2D eigenvalue weighted by molar-refractivity contribution is -0.673. The molecule has 0 aliphatic heterocycles. The summed E-state index contributed by atoms with van der Waals surface area (Å²) in [5, 5.41) is 14.5. The van der Waals surface area contributed by atoms with Gasteiger partial charge in [0.15, 0.2) is 17.5 Å². The van der Waals surface area contributed by atoms with Gasteiger partial charge >= 0.3 is 0 Å². The lowest BCUT2D eigenvalue weighted by atomic mass is 9.82. The van der Waals surface area contributed by atoms with E-state index in [1.54, 1.807) is 14.2 Å². The summed E-state index contributed by atoms with van der Waals surface area (Å²) in [6, 6.07) is 7.98. The Morgan fingerprint density at radius 2 is 1.96 bits per heavy atom. The summed E-state index contributed by atoms with van der Waals surface area (Å²) < 4.78 is 10.6. The lowest BCUT2D eigenvalue weighted by Crippen LogP contribution is -2.92. The minimum atomic E-state index is -0.666. The minimum Gasteiger partial charge on any atom is -0.493 e. The fraction of sp³-hybridized carbons (Fsp3) is 0.600. The SMILES string of the molecule is COc1ccc(CC[NH2+][C@@H](C)C(=O)NC2(C#N)CCCCC2)cc1OC. The molecule has 1 aliphatic rings. The van der Waals surface area contributed by atoms with Crippen LogP contribution < -0.4 is 20.1 Å². The molecule has 1 aliphatic carbocycles. The van der Waals surface area contributed by atoms with Crippen LogP contribution in [0.15, 0.2) is 18.2 Å². The highest BCUT2D eigenvalue weighted by Gasteiger charge is 2.35. The predicted octanol–water partition coefficient (Wildman–Crippen LogP) is 1.54. The molecule has 6 heteroatoms. The van der Waals surface area contributed by atoms with Crippen LogP contribution in [0.2, 0.25) is 0 Å². The van der Waals surface area contributed by atoms with Crippen molar-refractivity contribution in [2.45, 2.75) is 57.0 Å². The van der Waals surface area contributed by atoms with Crippen LogP contribution in [0.25, 0.3) is 0 Å². The molecule has 0 saturated heterocycles. The molecule has 1 fully saturated rings. The van der Waals surface area contributed by atoms with Crippen molar-refractivity contribution in [1.82, 2.24) is 5.32 Å². The zero-order valence-corrected chi connectivity index (χ0v) is 16.0. The molecule has 1 aromatic rings. The lowest BCUT2D eigenvalue weighted by Gasteiger charge is -2.32. The fourth-order valence-electron chi connectivity index (χ4n) is 3.41. The van der Waals surface area contributed by atoms with Gasteiger partial charge in [0.25, 0.3) is 5.91 Å². The predicted molar refractivity (Wildman–Crippen MR) is 99.1 cm³/mol. The van der Waals surface area contributed by atoms with Crippen molar-refractivity contribution in [3.8, 4) is 17.6 Å². The first-order valence-electron chi connectivity index (χ1n) is 9.31. The first-order chi connectivity index (χ1) is 12.5. The van der Waals surface area contributed by atoms with Crippen LogP contribution in [0.1, 0.15) is 44.6 Å². The number of ether oxygens (including phenoxy) is 2. The molecule has 142 valence electrons. The Bertz CT molecular complexity index is 648. The number of carbonyl (C=O) groups is 1. The van der Waals surface area contributed by atoms with Crippen molar-refractivity contribution >= 4 is 5.91 Å². The minimum absolute atomic E-state index is 0.0549. The van der Waals surface area contributed by atoms with Gasteiger partial charge in [-0.25, -0.2) is 0 Å². The summed E-state index contributed by atoms with van der Waals surface area (Å²) in [6.45, 7) is 2.67. The fourth-order valence-corrected chi connectivity index (χ4v) is 3.41. The molecular weight excluding hydrogens is 330 g/mol. The third-order valence-corrected chi connectivity index (χ3v) is 5.10. The Labute approximate surface area is 155 Å².